The first-order chi connectivity index (χ1) is 22.8. The molecular weight excluding hydrogens is 577 g/mol. The Labute approximate surface area is 269 Å². The number of rotatable bonds is 3. The van der Waals surface area contributed by atoms with E-state index in [4.69, 9.17) is 4.98 Å². The molecule has 0 unspecified atom stereocenters. The fourth-order valence-electron chi connectivity index (χ4n) is 7.35. The van der Waals surface area contributed by atoms with Crippen LogP contribution in [0.4, 0.5) is 0 Å². The summed E-state index contributed by atoms with van der Waals surface area (Å²) >= 11 is 1.89. The van der Waals surface area contributed by atoms with E-state index in [1.165, 1.54) is 69.3 Å². The fraction of sp³-hybridized carbons (Fsp3) is 0. The van der Waals surface area contributed by atoms with Crippen LogP contribution in [0.5, 0.6) is 0 Å². The molecular formula is C43H26N2S. The van der Waals surface area contributed by atoms with Crippen molar-refractivity contribution >= 4 is 75.0 Å². The fourth-order valence-corrected chi connectivity index (χ4v) is 8.60. The summed E-state index contributed by atoms with van der Waals surface area (Å²) in [6.07, 6.45) is 0. The SMILES string of the molecule is c1ccc(-c2nc3ccccc3c3c2cc(-c2ccc(-n4c5ccccc5c5ccccc54)cc2)c2sc4ccccc4c23)cc1. The lowest BCUT2D eigenvalue weighted by Gasteiger charge is -2.15. The third kappa shape index (κ3) is 3.67. The molecule has 0 N–H and O–H groups in total. The molecule has 0 amide bonds. The van der Waals surface area contributed by atoms with Crippen molar-refractivity contribution in [3.8, 4) is 28.1 Å². The van der Waals surface area contributed by atoms with Crippen molar-refractivity contribution in [3.05, 3.63) is 158 Å². The van der Waals surface area contributed by atoms with E-state index >= 15 is 0 Å². The summed E-state index contributed by atoms with van der Waals surface area (Å²) in [7, 11) is 0. The Morgan fingerprint density at radius 1 is 0.457 bits per heavy atom. The van der Waals surface area contributed by atoms with Crippen LogP contribution in [0.25, 0.3) is 91.7 Å². The second-order valence-corrected chi connectivity index (χ2v) is 13.0. The van der Waals surface area contributed by atoms with Gasteiger partial charge in [0.25, 0.3) is 0 Å². The zero-order valence-corrected chi connectivity index (χ0v) is 25.6. The molecule has 3 heterocycles. The standard InChI is InChI=1S/C43H26N2S/c1-2-12-28(13-3-1)42-35-26-34(43-41(33-17-7-11-21-39(33)46-43)40(35)32-16-4-8-18-36(32)44-42)27-22-24-29(25-23-27)45-37-19-9-5-14-30(37)31-15-6-10-20-38(31)45/h1-26H. The van der Waals surface area contributed by atoms with Gasteiger partial charge >= 0.3 is 0 Å². The molecule has 0 saturated carbocycles. The summed E-state index contributed by atoms with van der Waals surface area (Å²) in [5.41, 5.74) is 9.22. The first kappa shape index (κ1) is 25.5. The highest BCUT2D eigenvalue weighted by Crippen LogP contribution is 2.48. The Morgan fingerprint density at radius 2 is 1.07 bits per heavy atom. The Morgan fingerprint density at radius 3 is 1.80 bits per heavy atom. The van der Waals surface area contributed by atoms with Crippen molar-refractivity contribution in [2.75, 3.05) is 0 Å². The lowest BCUT2D eigenvalue weighted by molar-refractivity contribution is 1.18. The van der Waals surface area contributed by atoms with Crippen LogP contribution in [0.1, 0.15) is 0 Å². The second-order valence-electron chi connectivity index (χ2n) is 11.9. The van der Waals surface area contributed by atoms with Crippen LogP contribution in [0.15, 0.2) is 158 Å². The molecule has 3 heteroatoms. The zero-order chi connectivity index (χ0) is 30.2. The maximum atomic E-state index is 5.29. The van der Waals surface area contributed by atoms with Gasteiger partial charge in [0.15, 0.2) is 0 Å². The predicted octanol–water partition coefficient (Wildman–Crippen LogP) is 12.2. The normalized spacial score (nSPS) is 11.9. The molecule has 0 radical (unpaired) electrons. The smallest absolute Gasteiger partial charge is 0.0788 e. The lowest BCUT2D eigenvalue weighted by Crippen LogP contribution is -1.94. The third-order valence-electron chi connectivity index (χ3n) is 9.37. The van der Waals surface area contributed by atoms with Gasteiger partial charge in [0.1, 0.15) is 0 Å². The number of aromatic nitrogens is 2. The summed E-state index contributed by atoms with van der Waals surface area (Å²) in [5.74, 6) is 0. The van der Waals surface area contributed by atoms with Gasteiger partial charge in [0.2, 0.25) is 0 Å². The molecule has 3 aromatic heterocycles. The summed E-state index contributed by atoms with van der Waals surface area (Å²) < 4.78 is 5.00. The minimum atomic E-state index is 1.02. The molecule has 10 rings (SSSR count). The van der Waals surface area contributed by atoms with Crippen molar-refractivity contribution in [3.63, 3.8) is 0 Å². The number of nitrogens with zero attached hydrogens (tertiary/aromatic N) is 2. The van der Waals surface area contributed by atoms with Gasteiger partial charge in [-0.3, -0.25) is 0 Å². The number of benzene rings is 7. The molecule has 46 heavy (non-hydrogen) atoms. The van der Waals surface area contributed by atoms with Gasteiger partial charge in [-0.1, -0.05) is 115 Å². The van der Waals surface area contributed by atoms with Gasteiger partial charge in [-0.05, 0) is 48.0 Å². The van der Waals surface area contributed by atoms with Crippen molar-refractivity contribution in [2.24, 2.45) is 0 Å². The molecule has 2 nitrogen and oxygen atoms in total. The van der Waals surface area contributed by atoms with E-state index < -0.39 is 0 Å². The maximum Gasteiger partial charge on any atom is 0.0788 e. The van der Waals surface area contributed by atoms with Crippen LogP contribution >= 0.6 is 11.3 Å². The van der Waals surface area contributed by atoms with Crippen molar-refractivity contribution in [1.82, 2.24) is 9.55 Å². The van der Waals surface area contributed by atoms with Crippen LogP contribution in [0.3, 0.4) is 0 Å². The average molecular weight is 603 g/mol. The van der Waals surface area contributed by atoms with Crippen LogP contribution in [0.2, 0.25) is 0 Å². The van der Waals surface area contributed by atoms with Gasteiger partial charge < -0.3 is 4.57 Å². The van der Waals surface area contributed by atoms with E-state index in [0.29, 0.717) is 0 Å². The minimum Gasteiger partial charge on any atom is -0.309 e. The maximum absolute atomic E-state index is 5.29. The number of hydrogen-bond donors (Lipinski definition) is 0. The Balaban J connectivity index is 1.28. The number of para-hydroxylation sites is 3. The molecule has 10 aromatic rings. The van der Waals surface area contributed by atoms with E-state index in [9.17, 15) is 0 Å². The Kier molecular flexibility index (Phi) is 5.48. The first-order valence-electron chi connectivity index (χ1n) is 15.6. The molecule has 214 valence electrons. The predicted molar refractivity (Wildman–Crippen MR) is 197 cm³/mol. The summed E-state index contributed by atoms with van der Waals surface area (Å²) in [6.45, 7) is 0. The highest BCUT2D eigenvalue weighted by molar-refractivity contribution is 7.26. The first-order valence-corrected chi connectivity index (χ1v) is 16.5. The zero-order valence-electron chi connectivity index (χ0n) is 24.8. The Hall–Kier alpha value is -5.77. The highest BCUT2D eigenvalue weighted by Gasteiger charge is 2.20. The van der Waals surface area contributed by atoms with Crippen LogP contribution in [-0.4, -0.2) is 9.55 Å². The van der Waals surface area contributed by atoms with E-state index in [0.717, 1.165) is 22.5 Å². The third-order valence-corrected chi connectivity index (χ3v) is 10.6. The molecule has 0 saturated heterocycles. The Bertz CT molecular complexity index is 2730. The van der Waals surface area contributed by atoms with Gasteiger partial charge in [-0.15, -0.1) is 11.3 Å². The average Bonchev–Trinajstić information content (AvgIpc) is 3.68. The molecule has 0 aliphatic heterocycles. The molecule has 0 atom stereocenters. The van der Waals surface area contributed by atoms with Crippen LogP contribution in [-0.2, 0) is 0 Å². The van der Waals surface area contributed by atoms with Gasteiger partial charge in [-0.25, -0.2) is 4.98 Å². The molecule has 0 fully saturated rings. The molecule has 0 aliphatic carbocycles. The number of fused-ring (bicyclic) bond motifs is 10. The lowest BCUT2D eigenvalue weighted by atomic mass is 9.92. The quantitative estimate of drug-likeness (QED) is 0.184. The van der Waals surface area contributed by atoms with E-state index in [1.807, 2.05) is 11.3 Å². The topological polar surface area (TPSA) is 17.8 Å². The van der Waals surface area contributed by atoms with Crippen molar-refractivity contribution in [2.45, 2.75) is 0 Å². The summed E-state index contributed by atoms with van der Waals surface area (Å²) in [4.78, 5) is 5.29. The largest absolute Gasteiger partial charge is 0.309 e. The van der Waals surface area contributed by atoms with E-state index in [1.54, 1.807) is 0 Å². The number of thiophene rings is 1. The number of hydrogen-bond acceptors (Lipinski definition) is 2. The molecule has 0 aliphatic rings. The van der Waals surface area contributed by atoms with Crippen LogP contribution in [0, 0.1) is 0 Å². The molecule has 0 bridgehead atoms. The molecule has 7 aromatic carbocycles. The molecule has 0 spiro atoms. The highest BCUT2D eigenvalue weighted by atomic mass is 32.1. The minimum absolute atomic E-state index is 1.02. The number of pyridine rings is 1. The summed E-state index contributed by atoms with van der Waals surface area (Å²) in [5, 5.41) is 8.82. The van der Waals surface area contributed by atoms with Gasteiger partial charge in [0, 0.05) is 63.9 Å². The van der Waals surface area contributed by atoms with Crippen LogP contribution < -0.4 is 0 Å². The monoisotopic (exact) mass is 602 g/mol. The van der Waals surface area contributed by atoms with Gasteiger partial charge in [0.05, 0.1) is 22.2 Å². The van der Waals surface area contributed by atoms with Gasteiger partial charge in [-0.2, -0.15) is 0 Å². The van der Waals surface area contributed by atoms with Crippen molar-refractivity contribution in [1.29, 1.82) is 0 Å². The van der Waals surface area contributed by atoms with E-state index in [-0.39, 0.29) is 0 Å². The van der Waals surface area contributed by atoms with E-state index in [2.05, 4.69) is 162 Å². The van der Waals surface area contributed by atoms with Crippen molar-refractivity contribution < 1.29 is 0 Å². The summed E-state index contributed by atoms with van der Waals surface area (Å²) in [6, 6.07) is 57.0. The second kappa shape index (κ2) is 9.87.